The molecule has 0 saturated heterocycles. The van der Waals surface area contributed by atoms with E-state index in [4.69, 9.17) is 4.74 Å². The van der Waals surface area contributed by atoms with Gasteiger partial charge < -0.3 is 10.1 Å². The quantitative estimate of drug-likeness (QED) is 0.813. The lowest BCUT2D eigenvalue weighted by Crippen LogP contribution is -2.33. The van der Waals surface area contributed by atoms with Crippen molar-refractivity contribution in [2.75, 3.05) is 13.7 Å². The van der Waals surface area contributed by atoms with Gasteiger partial charge >= 0.3 is 6.18 Å². The van der Waals surface area contributed by atoms with E-state index in [1.54, 1.807) is 13.1 Å². The molecule has 20 heavy (non-hydrogen) atoms. The molecule has 2 unspecified atom stereocenters. The molecule has 0 heterocycles. The minimum Gasteiger partial charge on any atom is -0.377 e. The van der Waals surface area contributed by atoms with Crippen LogP contribution in [0.3, 0.4) is 0 Å². The standard InChI is InChI=1S/C15H22F3NO/c1-4-8-13(20-5-2)14(19-3)11-9-6-7-10-12(11)15(16,17)18/h6-7,9-10,13-14,19H,4-5,8H2,1-3H3. The number of hydrogen-bond acceptors (Lipinski definition) is 2. The first-order valence-electron chi connectivity index (χ1n) is 6.90. The summed E-state index contributed by atoms with van der Waals surface area (Å²) in [5, 5.41) is 2.98. The Morgan fingerprint density at radius 1 is 1.20 bits per heavy atom. The molecule has 0 bridgehead atoms. The van der Waals surface area contributed by atoms with Crippen molar-refractivity contribution >= 4 is 0 Å². The molecule has 1 aromatic carbocycles. The van der Waals surface area contributed by atoms with E-state index < -0.39 is 17.8 Å². The van der Waals surface area contributed by atoms with Crippen LogP contribution in [0.15, 0.2) is 24.3 Å². The highest BCUT2D eigenvalue weighted by atomic mass is 19.4. The number of hydrogen-bond donors (Lipinski definition) is 1. The zero-order valence-corrected chi connectivity index (χ0v) is 12.1. The maximum absolute atomic E-state index is 13.1. The van der Waals surface area contributed by atoms with Gasteiger partial charge in [0, 0.05) is 6.61 Å². The van der Waals surface area contributed by atoms with Gasteiger partial charge in [0.25, 0.3) is 0 Å². The van der Waals surface area contributed by atoms with E-state index in [1.807, 2.05) is 13.8 Å². The predicted molar refractivity (Wildman–Crippen MR) is 73.6 cm³/mol. The zero-order valence-electron chi connectivity index (χ0n) is 12.1. The fourth-order valence-corrected chi connectivity index (χ4v) is 2.41. The summed E-state index contributed by atoms with van der Waals surface area (Å²) >= 11 is 0. The van der Waals surface area contributed by atoms with E-state index in [1.165, 1.54) is 12.1 Å². The Bertz CT molecular complexity index is 400. The fraction of sp³-hybridized carbons (Fsp3) is 0.600. The molecule has 2 nitrogen and oxygen atoms in total. The van der Waals surface area contributed by atoms with E-state index in [0.29, 0.717) is 13.0 Å². The summed E-state index contributed by atoms with van der Waals surface area (Å²) in [5.41, 5.74) is -0.352. The third-order valence-corrected chi connectivity index (χ3v) is 3.24. The summed E-state index contributed by atoms with van der Waals surface area (Å²) in [6.07, 6.45) is -3.05. The molecular weight excluding hydrogens is 267 g/mol. The van der Waals surface area contributed by atoms with Crippen LogP contribution >= 0.6 is 0 Å². The lowest BCUT2D eigenvalue weighted by Gasteiger charge is -2.29. The molecule has 0 fully saturated rings. The van der Waals surface area contributed by atoms with Crippen LogP contribution in [0.25, 0.3) is 0 Å². The predicted octanol–water partition coefficient (Wildman–Crippen LogP) is 4.17. The molecule has 1 aromatic rings. The third-order valence-electron chi connectivity index (χ3n) is 3.24. The fourth-order valence-electron chi connectivity index (χ4n) is 2.41. The average Bonchev–Trinajstić information content (AvgIpc) is 2.39. The van der Waals surface area contributed by atoms with Gasteiger partial charge in [-0.3, -0.25) is 0 Å². The first-order valence-corrected chi connectivity index (χ1v) is 6.90. The van der Waals surface area contributed by atoms with Crippen LogP contribution in [0.1, 0.15) is 43.9 Å². The van der Waals surface area contributed by atoms with Crippen molar-refractivity contribution in [3.05, 3.63) is 35.4 Å². The number of ether oxygens (including phenoxy) is 1. The van der Waals surface area contributed by atoms with E-state index in [-0.39, 0.29) is 11.7 Å². The smallest absolute Gasteiger partial charge is 0.377 e. The number of alkyl halides is 3. The van der Waals surface area contributed by atoms with E-state index in [0.717, 1.165) is 12.5 Å². The summed E-state index contributed by atoms with van der Waals surface area (Å²) in [4.78, 5) is 0. The van der Waals surface area contributed by atoms with Crippen molar-refractivity contribution in [2.45, 2.75) is 45.0 Å². The van der Waals surface area contributed by atoms with Crippen LogP contribution in [0.4, 0.5) is 13.2 Å². The van der Waals surface area contributed by atoms with Crippen molar-refractivity contribution in [1.82, 2.24) is 5.32 Å². The van der Waals surface area contributed by atoms with Crippen LogP contribution in [0.5, 0.6) is 0 Å². The molecule has 0 saturated carbocycles. The molecule has 0 aromatic heterocycles. The zero-order chi connectivity index (χ0) is 15.2. The number of nitrogens with one attached hydrogen (secondary N) is 1. The summed E-state index contributed by atoms with van der Waals surface area (Å²) in [7, 11) is 1.67. The van der Waals surface area contributed by atoms with Crippen molar-refractivity contribution in [2.24, 2.45) is 0 Å². The highest BCUT2D eigenvalue weighted by Gasteiger charge is 2.36. The Morgan fingerprint density at radius 2 is 1.85 bits per heavy atom. The lowest BCUT2D eigenvalue weighted by molar-refractivity contribution is -0.138. The molecule has 0 aliphatic rings. The number of rotatable bonds is 7. The van der Waals surface area contributed by atoms with Crippen LogP contribution in [0, 0.1) is 0 Å². The topological polar surface area (TPSA) is 21.3 Å². The Labute approximate surface area is 118 Å². The maximum Gasteiger partial charge on any atom is 0.416 e. The number of likely N-dealkylation sites (N-methyl/N-ethyl adjacent to an activating group) is 1. The van der Waals surface area contributed by atoms with Crippen molar-refractivity contribution < 1.29 is 17.9 Å². The Balaban J connectivity index is 3.17. The van der Waals surface area contributed by atoms with Gasteiger partial charge in [0.15, 0.2) is 0 Å². The molecule has 1 rings (SSSR count). The van der Waals surface area contributed by atoms with Crippen molar-refractivity contribution in [3.63, 3.8) is 0 Å². The highest BCUT2D eigenvalue weighted by Crippen LogP contribution is 2.36. The van der Waals surface area contributed by atoms with Crippen LogP contribution in [-0.2, 0) is 10.9 Å². The van der Waals surface area contributed by atoms with Gasteiger partial charge in [0.1, 0.15) is 0 Å². The first kappa shape index (κ1) is 17.0. The van der Waals surface area contributed by atoms with Gasteiger partial charge in [-0.15, -0.1) is 0 Å². The third kappa shape index (κ3) is 4.21. The second kappa shape index (κ2) is 7.64. The molecule has 0 aliphatic carbocycles. The molecule has 5 heteroatoms. The minimum absolute atomic E-state index is 0.245. The molecule has 0 amide bonds. The number of benzene rings is 1. The minimum atomic E-state index is -4.35. The monoisotopic (exact) mass is 289 g/mol. The van der Waals surface area contributed by atoms with Crippen molar-refractivity contribution in [1.29, 1.82) is 0 Å². The molecule has 0 aliphatic heterocycles. The molecule has 114 valence electrons. The summed E-state index contributed by atoms with van der Waals surface area (Å²) in [6, 6.07) is 5.21. The van der Waals surface area contributed by atoms with Gasteiger partial charge in [0.2, 0.25) is 0 Å². The Kier molecular flexibility index (Phi) is 6.49. The number of halogens is 3. The van der Waals surface area contributed by atoms with Gasteiger partial charge in [-0.05, 0) is 32.0 Å². The SMILES string of the molecule is CCCC(OCC)C(NC)c1ccccc1C(F)(F)F. The Hall–Kier alpha value is -1.07. The van der Waals surface area contributed by atoms with Gasteiger partial charge in [-0.2, -0.15) is 13.2 Å². The maximum atomic E-state index is 13.1. The van der Waals surface area contributed by atoms with Gasteiger partial charge in [-0.1, -0.05) is 31.5 Å². The molecule has 0 radical (unpaired) electrons. The molecular formula is C15H22F3NO. The normalized spacial score (nSPS) is 15.1. The van der Waals surface area contributed by atoms with Gasteiger partial charge in [-0.25, -0.2) is 0 Å². The molecule has 2 atom stereocenters. The average molecular weight is 289 g/mol. The van der Waals surface area contributed by atoms with Crippen LogP contribution < -0.4 is 5.32 Å². The van der Waals surface area contributed by atoms with Gasteiger partial charge in [0.05, 0.1) is 17.7 Å². The van der Waals surface area contributed by atoms with Crippen molar-refractivity contribution in [3.8, 4) is 0 Å². The lowest BCUT2D eigenvalue weighted by atomic mass is 9.93. The van der Waals surface area contributed by atoms with E-state index >= 15 is 0 Å². The Morgan fingerprint density at radius 3 is 2.35 bits per heavy atom. The largest absolute Gasteiger partial charge is 0.416 e. The van der Waals surface area contributed by atoms with Crippen LogP contribution in [0.2, 0.25) is 0 Å². The highest BCUT2D eigenvalue weighted by molar-refractivity contribution is 5.33. The second-order valence-corrected chi connectivity index (χ2v) is 4.63. The van der Waals surface area contributed by atoms with E-state index in [9.17, 15) is 13.2 Å². The second-order valence-electron chi connectivity index (χ2n) is 4.63. The van der Waals surface area contributed by atoms with Crippen LogP contribution in [-0.4, -0.2) is 19.8 Å². The summed E-state index contributed by atoms with van der Waals surface area (Å²) < 4.78 is 45.0. The first-order chi connectivity index (χ1) is 9.45. The molecule has 1 N–H and O–H groups in total. The summed E-state index contributed by atoms with van der Waals surface area (Å²) in [5.74, 6) is 0. The van der Waals surface area contributed by atoms with E-state index in [2.05, 4.69) is 5.32 Å². The molecule has 0 spiro atoms. The summed E-state index contributed by atoms with van der Waals surface area (Å²) in [6.45, 7) is 4.33.